The predicted molar refractivity (Wildman–Crippen MR) is 130 cm³/mol. The van der Waals surface area contributed by atoms with Crippen LogP contribution in [0.2, 0.25) is 0 Å². The van der Waals surface area contributed by atoms with Gasteiger partial charge < -0.3 is 5.32 Å². The maximum atomic E-state index is 12.8. The van der Waals surface area contributed by atoms with Gasteiger partial charge in [-0.2, -0.15) is 5.10 Å². The number of carbonyl (C=O) groups is 1. The maximum absolute atomic E-state index is 12.8. The van der Waals surface area contributed by atoms with Gasteiger partial charge in [-0.3, -0.25) is 4.79 Å². The molecule has 2 aromatic heterocycles. The highest BCUT2D eigenvalue weighted by molar-refractivity contribution is 8.00. The molecule has 0 fully saturated rings. The Bertz CT molecular complexity index is 1430. The van der Waals surface area contributed by atoms with Crippen molar-refractivity contribution in [3.8, 4) is 11.3 Å². The molecule has 1 atom stereocenters. The van der Waals surface area contributed by atoms with E-state index in [4.69, 9.17) is 10.1 Å². The normalized spacial score (nSPS) is 12.6. The summed E-state index contributed by atoms with van der Waals surface area (Å²) in [6, 6.07) is 17.6. The number of fused-ring (bicyclic) bond motifs is 1. The van der Waals surface area contributed by atoms with Gasteiger partial charge in [0.1, 0.15) is 0 Å². The van der Waals surface area contributed by atoms with Crippen molar-refractivity contribution in [1.29, 1.82) is 0 Å². The largest absolute Gasteiger partial charge is 0.325 e. The van der Waals surface area contributed by atoms with Crippen molar-refractivity contribution >= 4 is 38.9 Å². The Morgan fingerprint density at radius 1 is 1.09 bits per heavy atom. The number of carbonyl (C=O) groups excluding carboxylic acids is 1. The van der Waals surface area contributed by atoms with Crippen LogP contribution in [-0.2, 0) is 14.8 Å². The molecule has 0 saturated carbocycles. The van der Waals surface area contributed by atoms with Gasteiger partial charge in [0.25, 0.3) is 0 Å². The Morgan fingerprint density at radius 3 is 2.39 bits per heavy atom. The van der Waals surface area contributed by atoms with Crippen molar-refractivity contribution in [2.75, 3.05) is 5.32 Å². The van der Waals surface area contributed by atoms with Crippen molar-refractivity contribution in [3.05, 3.63) is 71.9 Å². The van der Waals surface area contributed by atoms with E-state index in [0.29, 0.717) is 10.8 Å². The molecule has 4 rings (SSSR count). The van der Waals surface area contributed by atoms with E-state index >= 15 is 0 Å². The third kappa shape index (κ3) is 4.92. The minimum absolute atomic E-state index is 0.0166. The van der Waals surface area contributed by atoms with E-state index in [1.807, 2.05) is 50.2 Å². The summed E-state index contributed by atoms with van der Waals surface area (Å²) in [5.41, 5.74) is 5.07. The Kier molecular flexibility index (Phi) is 6.24. The van der Waals surface area contributed by atoms with Gasteiger partial charge in [0, 0.05) is 11.3 Å². The van der Waals surface area contributed by atoms with E-state index < -0.39 is 15.3 Å². The van der Waals surface area contributed by atoms with Gasteiger partial charge in [0.15, 0.2) is 5.16 Å². The molecule has 10 heteroatoms. The highest BCUT2D eigenvalue weighted by atomic mass is 32.2. The van der Waals surface area contributed by atoms with Gasteiger partial charge in [-0.25, -0.2) is 23.1 Å². The molecule has 0 aliphatic heterocycles. The topological polar surface area (TPSA) is 119 Å². The summed E-state index contributed by atoms with van der Waals surface area (Å²) in [5, 5.41) is 12.7. The standard InChI is InChI=1S/C23H23N5O3S2/c1-14-13-15(2)27-28-21(14)20(17-7-5-4-6-8-17)26-23(28)32-16(3)22(29)25-18-9-11-19(12-10-18)33(24,30)31/h4-13,16H,1-3H3,(H,25,29)(H2,24,30,31). The fourth-order valence-corrected chi connectivity index (χ4v) is 4.84. The zero-order valence-electron chi connectivity index (χ0n) is 18.3. The number of rotatable bonds is 6. The molecule has 170 valence electrons. The highest BCUT2D eigenvalue weighted by Gasteiger charge is 2.22. The second kappa shape index (κ2) is 8.97. The summed E-state index contributed by atoms with van der Waals surface area (Å²) < 4.78 is 24.6. The SMILES string of the molecule is Cc1cc(C)c2c(-c3ccccc3)nc(SC(C)C(=O)Nc3ccc(S(N)(=O)=O)cc3)n2n1. The monoisotopic (exact) mass is 481 g/mol. The zero-order chi connectivity index (χ0) is 23.8. The van der Waals surface area contributed by atoms with Crippen LogP contribution in [0.1, 0.15) is 18.2 Å². The van der Waals surface area contributed by atoms with Crippen molar-refractivity contribution < 1.29 is 13.2 Å². The number of aromatic nitrogens is 3. The number of sulfonamides is 1. The second-order valence-electron chi connectivity index (χ2n) is 7.66. The summed E-state index contributed by atoms with van der Waals surface area (Å²) in [6.07, 6.45) is 0. The lowest BCUT2D eigenvalue weighted by Crippen LogP contribution is -2.23. The molecule has 8 nitrogen and oxygen atoms in total. The lowest BCUT2D eigenvalue weighted by Gasteiger charge is -2.11. The van der Waals surface area contributed by atoms with Gasteiger partial charge in [0.2, 0.25) is 15.9 Å². The van der Waals surface area contributed by atoms with E-state index in [-0.39, 0.29) is 10.8 Å². The molecule has 0 spiro atoms. The number of nitrogens with one attached hydrogen (secondary N) is 1. The first-order valence-corrected chi connectivity index (χ1v) is 12.6. The van der Waals surface area contributed by atoms with Crippen molar-refractivity contribution in [3.63, 3.8) is 0 Å². The Hall–Kier alpha value is -3.21. The van der Waals surface area contributed by atoms with Crippen LogP contribution in [-0.4, -0.2) is 34.2 Å². The van der Waals surface area contributed by atoms with Crippen molar-refractivity contribution in [1.82, 2.24) is 14.6 Å². The molecular formula is C23H23N5O3S2. The Morgan fingerprint density at radius 2 is 1.76 bits per heavy atom. The summed E-state index contributed by atoms with van der Waals surface area (Å²) in [6.45, 7) is 5.73. The molecule has 3 N–H and O–H groups in total. The van der Waals surface area contributed by atoms with Gasteiger partial charge in [-0.15, -0.1) is 0 Å². The third-order valence-corrected chi connectivity index (χ3v) is 7.00. The lowest BCUT2D eigenvalue weighted by atomic mass is 10.1. The summed E-state index contributed by atoms with van der Waals surface area (Å²) >= 11 is 1.30. The third-order valence-electron chi connectivity index (χ3n) is 5.03. The number of nitrogens with zero attached hydrogens (tertiary/aromatic N) is 3. The number of thioether (sulfide) groups is 1. The molecule has 1 amide bonds. The van der Waals surface area contributed by atoms with Crippen LogP contribution >= 0.6 is 11.8 Å². The first-order chi connectivity index (χ1) is 15.6. The van der Waals surface area contributed by atoms with Gasteiger partial charge in [-0.05, 0) is 56.7 Å². The van der Waals surface area contributed by atoms with Crippen LogP contribution in [0.15, 0.2) is 70.7 Å². The molecule has 4 aromatic rings. The minimum atomic E-state index is -3.79. The van der Waals surface area contributed by atoms with Crippen LogP contribution < -0.4 is 10.5 Å². The zero-order valence-corrected chi connectivity index (χ0v) is 19.9. The number of imidazole rings is 1. The summed E-state index contributed by atoms with van der Waals surface area (Å²) in [7, 11) is -3.79. The molecule has 0 aliphatic rings. The first kappa shape index (κ1) is 23.0. The first-order valence-electron chi connectivity index (χ1n) is 10.2. The summed E-state index contributed by atoms with van der Waals surface area (Å²) in [4.78, 5) is 17.6. The number of benzene rings is 2. The number of amides is 1. The Balaban J connectivity index is 1.61. The maximum Gasteiger partial charge on any atom is 0.238 e. The van der Waals surface area contributed by atoms with Crippen LogP contribution in [0.5, 0.6) is 0 Å². The van der Waals surface area contributed by atoms with Gasteiger partial charge in [-0.1, -0.05) is 42.1 Å². The quantitative estimate of drug-likeness (QED) is 0.405. The molecular weight excluding hydrogens is 458 g/mol. The van der Waals surface area contributed by atoms with Crippen LogP contribution in [0.25, 0.3) is 16.8 Å². The average Bonchev–Trinajstić information content (AvgIpc) is 3.12. The minimum Gasteiger partial charge on any atom is -0.325 e. The molecule has 0 saturated heterocycles. The van der Waals surface area contributed by atoms with Crippen LogP contribution in [0.3, 0.4) is 0 Å². The van der Waals surface area contributed by atoms with Crippen LogP contribution in [0, 0.1) is 13.8 Å². The van der Waals surface area contributed by atoms with Crippen molar-refractivity contribution in [2.24, 2.45) is 5.14 Å². The number of anilines is 1. The number of aryl methyl sites for hydroxylation is 2. The summed E-state index contributed by atoms with van der Waals surface area (Å²) in [5.74, 6) is -0.245. The Labute approximate surface area is 196 Å². The molecule has 2 aromatic carbocycles. The van der Waals surface area contributed by atoms with E-state index in [2.05, 4.69) is 10.4 Å². The average molecular weight is 482 g/mol. The van der Waals surface area contributed by atoms with Gasteiger partial charge >= 0.3 is 0 Å². The number of hydrogen-bond acceptors (Lipinski definition) is 6. The van der Waals surface area contributed by atoms with E-state index in [9.17, 15) is 13.2 Å². The fraction of sp³-hybridized carbons (Fsp3) is 0.174. The van der Waals surface area contributed by atoms with Crippen LogP contribution in [0.4, 0.5) is 5.69 Å². The smallest absolute Gasteiger partial charge is 0.238 e. The molecule has 0 radical (unpaired) electrons. The molecule has 33 heavy (non-hydrogen) atoms. The number of primary sulfonamides is 1. The fourth-order valence-electron chi connectivity index (χ4n) is 3.46. The molecule has 2 heterocycles. The molecule has 0 aliphatic carbocycles. The number of nitrogens with two attached hydrogens (primary N) is 1. The predicted octanol–water partition coefficient (Wildman–Crippen LogP) is 3.78. The lowest BCUT2D eigenvalue weighted by molar-refractivity contribution is -0.115. The molecule has 1 unspecified atom stereocenters. The van der Waals surface area contributed by atoms with E-state index in [1.165, 1.54) is 36.0 Å². The van der Waals surface area contributed by atoms with E-state index in [1.54, 1.807) is 11.4 Å². The highest BCUT2D eigenvalue weighted by Crippen LogP contribution is 2.32. The van der Waals surface area contributed by atoms with E-state index in [0.717, 1.165) is 28.0 Å². The number of hydrogen-bond donors (Lipinski definition) is 2. The second-order valence-corrected chi connectivity index (χ2v) is 10.5. The molecule has 0 bridgehead atoms. The van der Waals surface area contributed by atoms with Gasteiger partial charge in [0.05, 0.1) is 27.0 Å². The van der Waals surface area contributed by atoms with Crippen molar-refractivity contribution in [2.45, 2.75) is 36.1 Å².